The van der Waals surface area contributed by atoms with Crippen LogP contribution in [0, 0.1) is 6.92 Å². The molecule has 134 valence electrons. The van der Waals surface area contributed by atoms with Crippen LogP contribution in [0.2, 0.25) is 0 Å². The quantitative estimate of drug-likeness (QED) is 0.888. The van der Waals surface area contributed by atoms with Crippen LogP contribution in [0.25, 0.3) is 0 Å². The first kappa shape index (κ1) is 17.3. The first-order chi connectivity index (χ1) is 12.0. The fraction of sp³-hybridized carbons (Fsp3) is 0.444. The summed E-state index contributed by atoms with van der Waals surface area (Å²) >= 11 is 0. The summed E-state index contributed by atoms with van der Waals surface area (Å²) in [6, 6.07) is 3.77. The van der Waals surface area contributed by atoms with Crippen LogP contribution in [-0.2, 0) is 19.5 Å². The number of H-pyrrole nitrogens is 1. The number of hydrogen-bond acceptors (Lipinski definition) is 6. The van der Waals surface area contributed by atoms with Gasteiger partial charge in [-0.2, -0.15) is 0 Å². The number of aromatic amines is 1. The van der Waals surface area contributed by atoms with Crippen LogP contribution < -0.4 is 19.8 Å². The zero-order valence-electron chi connectivity index (χ0n) is 15.0. The number of rotatable bonds is 5. The van der Waals surface area contributed by atoms with Gasteiger partial charge in [0.1, 0.15) is 11.6 Å². The van der Waals surface area contributed by atoms with E-state index in [1.54, 1.807) is 28.3 Å². The number of nitrogens with one attached hydrogen (secondary N) is 1. The number of hydrogen-bond donors (Lipinski definition) is 1. The van der Waals surface area contributed by atoms with Gasteiger partial charge in [0.15, 0.2) is 11.5 Å². The van der Waals surface area contributed by atoms with Crippen LogP contribution in [0.4, 0.5) is 0 Å². The van der Waals surface area contributed by atoms with Crippen LogP contribution >= 0.6 is 0 Å². The lowest BCUT2D eigenvalue weighted by Gasteiger charge is -2.28. The number of benzene rings is 1. The van der Waals surface area contributed by atoms with Crippen molar-refractivity contribution in [2.24, 2.45) is 0 Å². The predicted octanol–water partition coefficient (Wildman–Crippen LogP) is 1.66. The topological polar surface area (TPSA) is 76.7 Å². The Morgan fingerprint density at radius 3 is 2.48 bits per heavy atom. The number of ether oxygens (including phenoxy) is 3. The summed E-state index contributed by atoms with van der Waals surface area (Å²) < 4.78 is 16.2. The molecule has 7 nitrogen and oxygen atoms in total. The normalized spacial score (nSPS) is 14.1. The number of fused-ring (bicyclic) bond motifs is 1. The highest BCUT2D eigenvalue weighted by molar-refractivity contribution is 5.50. The lowest BCUT2D eigenvalue weighted by Crippen LogP contribution is -2.35. The van der Waals surface area contributed by atoms with Crippen molar-refractivity contribution in [3.05, 3.63) is 45.1 Å². The van der Waals surface area contributed by atoms with Crippen molar-refractivity contribution in [2.75, 3.05) is 27.9 Å². The van der Waals surface area contributed by atoms with Gasteiger partial charge < -0.3 is 19.2 Å². The second kappa shape index (κ2) is 7.14. The van der Waals surface area contributed by atoms with Crippen LogP contribution in [0.1, 0.15) is 22.6 Å². The molecule has 2 aromatic rings. The molecule has 0 spiro atoms. The van der Waals surface area contributed by atoms with Gasteiger partial charge in [-0.3, -0.25) is 9.69 Å². The Bertz CT molecular complexity index is 832. The third kappa shape index (κ3) is 3.46. The molecule has 0 fully saturated rings. The van der Waals surface area contributed by atoms with E-state index in [1.807, 2.05) is 12.1 Å². The molecule has 0 saturated carbocycles. The molecule has 0 aliphatic carbocycles. The zero-order chi connectivity index (χ0) is 18.0. The van der Waals surface area contributed by atoms with Crippen molar-refractivity contribution in [3.63, 3.8) is 0 Å². The van der Waals surface area contributed by atoms with Gasteiger partial charge in [0, 0.05) is 36.8 Å². The fourth-order valence-electron chi connectivity index (χ4n) is 3.21. The van der Waals surface area contributed by atoms with Gasteiger partial charge in [-0.25, -0.2) is 4.98 Å². The minimum absolute atomic E-state index is 0.0224. The summed E-state index contributed by atoms with van der Waals surface area (Å²) in [4.78, 5) is 21.6. The van der Waals surface area contributed by atoms with E-state index >= 15 is 0 Å². The number of aryl methyl sites for hydroxylation is 1. The van der Waals surface area contributed by atoms with Crippen molar-refractivity contribution in [3.8, 4) is 17.2 Å². The Morgan fingerprint density at radius 2 is 1.80 bits per heavy atom. The van der Waals surface area contributed by atoms with E-state index in [1.165, 1.54) is 0 Å². The van der Waals surface area contributed by atoms with E-state index < -0.39 is 0 Å². The molecule has 25 heavy (non-hydrogen) atoms. The van der Waals surface area contributed by atoms with E-state index in [2.05, 4.69) is 14.9 Å². The number of aromatic nitrogens is 2. The lowest BCUT2D eigenvalue weighted by atomic mass is 10.0. The van der Waals surface area contributed by atoms with E-state index in [-0.39, 0.29) is 5.56 Å². The first-order valence-electron chi connectivity index (χ1n) is 8.15. The van der Waals surface area contributed by atoms with Crippen LogP contribution in [0.3, 0.4) is 0 Å². The van der Waals surface area contributed by atoms with Crippen molar-refractivity contribution < 1.29 is 14.2 Å². The van der Waals surface area contributed by atoms with Gasteiger partial charge in [0.05, 0.1) is 27.0 Å². The molecule has 3 rings (SSSR count). The molecular formula is C18H23N3O4. The maximum absolute atomic E-state index is 12.0. The monoisotopic (exact) mass is 345 g/mol. The second-order valence-electron chi connectivity index (χ2n) is 6.06. The second-order valence-corrected chi connectivity index (χ2v) is 6.06. The molecule has 1 aliphatic rings. The first-order valence-corrected chi connectivity index (χ1v) is 8.15. The highest BCUT2D eigenvalue weighted by Gasteiger charge is 2.22. The molecule has 0 radical (unpaired) electrons. The van der Waals surface area contributed by atoms with Crippen molar-refractivity contribution >= 4 is 0 Å². The molecule has 0 amide bonds. The van der Waals surface area contributed by atoms with Gasteiger partial charge in [0.25, 0.3) is 5.56 Å². The summed E-state index contributed by atoms with van der Waals surface area (Å²) in [6.07, 6.45) is 0.688. The van der Waals surface area contributed by atoms with Crippen LogP contribution in [-0.4, -0.2) is 42.7 Å². The van der Waals surface area contributed by atoms with Gasteiger partial charge in [0.2, 0.25) is 0 Å². The maximum atomic E-state index is 12.0. The smallest absolute Gasteiger partial charge is 0.254 e. The Kier molecular flexibility index (Phi) is 4.94. The molecule has 1 aliphatic heterocycles. The van der Waals surface area contributed by atoms with E-state index in [0.29, 0.717) is 36.8 Å². The molecule has 1 N–H and O–H groups in total. The largest absolute Gasteiger partial charge is 0.496 e. The zero-order valence-corrected chi connectivity index (χ0v) is 15.0. The van der Waals surface area contributed by atoms with E-state index in [9.17, 15) is 4.79 Å². The summed E-state index contributed by atoms with van der Waals surface area (Å²) in [5.41, 5.74) is 2.63. The molecule has 1 aromatic carbocycles. The third-order valence-electron chi connectivity index (χ3n) is 4.45. The van der Waals surface area contributed by atoms with Gasteiger partial charge in [-0.05, 0) is 19.4 Å². The SMILES string of the molecule is COc1cc(OC)c(OC)cc1CN1CCc2c(nc(C)[nH]c2=O)C1. The van der Waals surface area contributed by atoms with Gasteiger partial charge in [-0.15, -0.1) is 0 Å². The number of nitrogens with zero attached hydrogens (tertiary/aromatic N) is 2. The van der Waals surface area contributed by atoms with Crippen molar-refractivity contribution in [1.82, 2.24) is 14.9 Å². The van der Waals surface area contributed by atoms with Crippen LogP contribution in [0.5, 0.6) is 17.2 Å². The van der Waals surface area contributed by atoms with Gasteiger partial charge in [-0.1, -0.05) is 0 Å². The van der Waals surface area contributed by atoms with Crippen LogP contribution in [0.15, 0.2) is 16.9 Å². The Hall–Kier alpha value is -2.54. The molecular weight excluding hydrogens is 322 g/mol. The van der Waals surface area contributed by atoms with Gasteiger partial charge >= 0.3 is 0 Å². The highest BCUT2D eigenvalue weighted by Crippen LogP contribution is 2.35. The molecule has 0 unspecified atom stereocenters. The molecule has 2 heterocycles. The standard InChI is InChI=1S/C18H23N3O4/c1-11-19-14-10-21(6-5-13(14)18(22)20-11)9-12-7-16(24-3)17(25-4)8-15(12)23-2/h7-8H,5-6,9-10H2,1-4H3,(H,19,20,22). The molecule has 7 heteroatoms. The maximum Gasteiger partial charge on any atom is 0.254 e. The summed E-state index contributed by atoms with van der Waals surface area (Å²) in [7, 11) is 4.86. The molecule has 0 atom stereocenters. The third-order valence-corrected chi connectivity index (χ3v) is 4.45. The molecule has 0 bridgehead atoms. The summed E-state index contributed by atoms with van der Waals surface area (Å²) in [5.74, 6) is 2.70. The minimum atomic E-state index is -0.0224. The Morgan fingerprint density at radius 1 is 1.12 bits per heavy atom. The minimum Gasteiger partial charge on any atom is -0.496 e. The highest BCUT2D eigenvalue weighted by atomic mass is 16.5. The van der Waals surface area contributed by atoms with Crippen molar-refractivity contribution in [1.29, 1.82) is 0 Å². The average Bonchev–Trinajstić information content (AvgIpc) is 2.60. The Balaban J connectivity index is 1.87. The summed E-state index contributed by atoms with van der Waals surface area (Å²) in [5, 5.41) is 0. The summed E-state index contributed by atoms with van der Waals surface area (Å²) in [6.45, 7) is 3.91. The molecule has 1 aromatic heterocycles. The van der Waals surface area contributed by atoms with E-state index in [4.69, 9.17) is 14.2 Å². The number of methoxy groups -OCH3 is 3. The Labute approximate surface area is 146 Å². The fourth-order valence-corrected chi connectivity index (χ4v) is 3.21. The predicted molar refractivity (Wildman–Crippen MR) is 93.5 cm³/mol. The van der Waals surface area contributed by atoms with Crippen molar-refractivity contribution in [2.45, 2.75) is 26.4 Å². The average molecular weight is 345 g/mol. The van der Waals surface area contributed by atoms with E-state index in [0.717, 1.165) is 29.1 Å². The lowest BCUT2D eigenvalue weighted by molar-refractivity contribution is 0.235. The molecule has 0 saturated heterocycles.